The molecular weight excluding hydrogens is 311 g/mol. The second-order valence-corrected chi connectivity index (χ2v) is 5.91. The lowest BCUT2D eigenvalue weighted by Crippen LogP contribution is -2.13. The van der Waals surface area contributed by atoms with Crippen LogP contribution < -0.4 is 11.1 Å². The number of nitrogens with two attached hydrogens (primary N) is 1. The fraction of sp³-hybridized carbons (Fsp3) is 0. The topological polar surface area (TPSA) is 55.1 Å². The van der Waals surface area contributed by atoms with E-state index in [1.807, 2.05) is 24.3 Å². The van der Waals surface area contributed by atoms with Crippen molar-refractivity contribution in [3.8, 4) is 0 Å². The molecule has 0 unspecified atom stereocenters. The van der Waals surface area contributed by atoms with Gasteiger partial charge in [0.25, 0.3) is 5.91 Å². The van der Waals surface area contributed by atoms with Gasteiger partial charge in [-0.25, -0.2) is 4.39 Å². The molecule has 0 spiro atoms. The monoisotopic (exact) mass is 320 g/mol. The lowest BCUT2D eigenvalue weighted by molar-refractivity contribution is 0.103. The first kappa shape index (κ1) is 13.9. The number of halogens is 2. The van der Waals surface area contributed by atoms with Crippen LogP contribution in [0.1, 0.15) is 9.67 Å². The molecule has 0 aliphatic carbocycles. The van der Waals surface area contributed by atoms with E-state index in [-0.39, 0.29) is 5.69 Å². The Morgan fingerprint density at radius 3 is 2.76 bits per heavy atom. The number of carbonyl (C=O) groups excluding carboxylic acids is 1. The Balaban J connectivity index is 1.97. The molecule has 0 atom stereocenters. The molecule has 1 aromatic heterocycles. The summed E-state index contributed by atoms with van der Waals surface area (Å²) in [7, 11) is 0. The molecule has 6 heteroatoms. The summed E-state index contributed by atoms with van der Waals surface area (Å²) in [4.78, 5) is 12.6. The molecule has 1 amide bonds. The van der Waals surface area contributed by atoms with Gasteiger partial charge < -0.3 is 11.1 Å². The van der Waals surface area contributed by atoms with Gasteiger partial charge in [-0.1, -0.05) is 29.8 Å². The quantitative estimate of drug-likeness (QED) is 0.729. The summed E-state index contributed by atoms with van der Waals surface area (Å²) >= 11 is 7.07. The highest BCUT2D eigenvalue weighted by Crippen LogP contribution is 2.34. The maximum Gasteiger partial charge on any atom is 0.267 e. The Morgan fingerprint density at radius 2 is 2.00 bits per heavy atom. The van der Waals surface area contributed by atoms with E-state index in [2.05, 4.69) is 5.32 Å². The molecule has 1 heterocycles. The molecule has 106 valence electrons. The van der Waals surface area contributed by atoms with Gasteiger partial charge in [0.1, 0.15) is 10.7 Å². The van der Waals surface area contributed by atoms with Crippen molar-refractivity contribution in [3.05, 3.63) is 58.2 Å². The Hall–Kier alpha value is -2.11. The van der Waals surface area contributed by atoms with Gasteiger partial charge in [0, 0.05) is 15.1 Å². The van der Waals surface area contributed by atoms with E-state index in [4.69, 9.17) is 17.3 Å². The maximum absolute atomic E-state index is 13.6. The zero-order valence-electron chi connectivity index (χ0n) is 10.7. The third kappa shape index (κ3) is 2.57. The van der Waals surface area contributed by atoms with E-state index in [0.29, 0.717) is 15.6 Å². The van der Waals surface area contributed by atoms with Crippen LogP contribution in [0.3, 0.4) is 0 Å². The van der Waals surface area contributed by atoms with Gasteiger partial charge >= 0.3 is 0 Å². The average Bonchev–Trinajstić information content (AvgIpc) is 2.81. The standard InChI is InChI=1S/C15H10ClFN2OS/c16-8-5-6-10(17)11(7-8)19-15(20)14-13(18)9-3-1-2-4-12(9)21-14/h1-7H,18H2,(H,19,20). The van der Waals surface area contributed by atoms with Crippen molar-refractivity contribution in [2.45, 2.75) is 0 Å². The SMILES string of the molecule is Nc1c(C(=O)Nc2cc(Cl)ccc2F)sc2ccccc12. The molecule has 2 aromatic carbocycles. The molecule has 0 bridgehead atoms. The Kier molecular flexibility index (Phi) is 3.53. The minimum atomic E-state index is -0.549. The number of thiophene rings is 1. The summed E-state index contributed by atoms with van der Waals surface area (Å²) in [5.74, 6) is -0.998. The van der Waals surface area contributed by atoms with E-state index in [1.165, 1.54) is 29.5 Å². The van der Waals surface area contributed by atoms with Crippen LogP contribution in [0.15, 0.2) is 42.5 Å². The average molecular weight is 321 g/mol. The molecule has 0 saturated heterocycles. The van der Waals surface area contributed by atoms with Crippen LogP contribution in [0.4, 0.5) is 15.8 Å². The third-order valence-corrected chi connectivity index (χ3v) is 4.44. The number of amides is 1. The highest BCUT2D eigenvalue weighted by Gasteiger charge is 2.17. The molecule has 0 saturated carbocycles. The van der Waals surface area contributed by atoms with Crippen molar-refractivity contribution in [2.75, 3.05) is 11.1 Å². The summed E-state index contributed by atoms with van der Waals surface area (Å²) in [6.45, 7) is 0. The minimum Gasteiger partial charge on any atom is -0.397 e. The Bertz CT molecular complexity index is 847. The lowest BCUT2D eigenvalue weighted by atomic mass is 10.2. The molecule has 3 rings (SSSR count). The van der Waals surface area contributed by atoms with Gasteiger partial charge in [-0.3, -0.25) is 4.79 Å². The zero-order valence-corrected chi connectivity index (χ0v) is 12.3. The van der Waals surface area contributed by atoms with Gasteiger partial charge in [0.05, 0.1) is 11.4 Å². The number of anilines is 2. The first-order chi connectivity index (χ1) is 10.1. The first-order valence-corrected chi connectivity index (χ1v) is 7.29. The van der Waals surface area contributed by atoms with Crippen molar-refractivity contribution in [1.82, 2.24) is 0 Å². The van der Waals surface area contributed by atoms with E-state index in [1.54, 1.807) is 0 Å². The lowest BCUT2D eigenvalue weighted by Gasteiger charge is -2.06. The summed E-state index contributed by atoms with van der Waals surface area (Å²) < 4.78 is 14.6. The second-order valence-electron chi connectivity index (χ2n) is 4.42. The van der Waals surface area contributed by atoms with Crippen molar-refractivity contribution < 1.29 is 9.18 Å². The van der Waals surface area contributed by atoms with Gasteiger partial charge in [0.2, 0.25) is 0 Å². The van der Waals surface area contributed by atoms with Crippen molar-refractivity contribution in [1.29, 1.82) is 0 Å². The van der Waals surface area contributed by atoms with Crippen molar-refractivity contribution >= 4 is 50.3 Å². The van der Waals surface area contributed by atoms with Gasteiger partial charge in [-0.15, -0.1) is 11.3 Å². The molecule has 0 radical (unpaired) electrons. The Labute approximate surface area is 129 Å². The van der Waals surface area contributed by atoms with Crippen LogP contribution in [0, 0.1) is 5.82 Å². The number of nitrogens with one attached hydrogen (secondary N) is 1. The smallest absolute Gasteiger partial charge is 0.267 e. The first-order valence-electron chi connectivity index (χ1n) is 6.09. The fourth-order valence-corrected chi connectivity index (χ4v) is 3.20. The van der Waals surface area contributed by atoms with E-state index >= 15 is 0 Å². The van der Waals surface area contributed by atoms with Crippen LogP contribution in [0.25, 0.3) is 10.1 Å². The van der Waals surface area contributed by atoms with Crippen LogP contribution in [-0.4, -0.2) is 5.91 Å². The van der Waals surface area contributed by atoms with Gasteiger partial charge in [-0.05, 0) is 24.3 Å². The molecule has 0 fully saturated rings. The summed E-state index contributed by atoms with van der Waals surface area (Å²) in [6, 6.07) is 11.4. The molecule has 0 aliphatic heterocycles. The van der Waals surface area contributed by atoms with Crippen LogP contribution >= 0.6 is 22.9 Å². The highest BCUT2D eigenvalue weighted by molar-refractivity contribution is 7.21. The Morgan fingerprint density at radius 1 is 1.24 bits per heavy atom. The predicted molar refractivity (Wildman–Crippen MR) is 85.6 cm³/mol. The number of benzene rings is 2. The number of fused-ring (bicyclic) bond motifs is 1. The van der Waals surface area contributed by atoms with Crippen LogP contribution in [0.5, 0.6) is 0 Å². The molecule has 3 aromatic rings. The maximum atomic E-state index is 13.6. The molecule has 21 heavy (non-hydrogen) atoms. The van der Waals surface area contributed by atoms with E-state index in [9.17, 15) is 9.18 Å². The fourth-order valence-electron chi connectivity index (χ4n) is 2.01. The second kappa shape index (κ2) is 5.35. The molecule has 3 nitrogen and oxygen atoms in total. The summed E-state index contributed by atoms with van der Waals surface area (Å²) in [6.07, 6.45) is 0. The highest BCUT2D eigenvalue weighted by atomic mass is 35.5. The van der Waals surface area contributed by atoms with Gasteiger partial charge in [0.15, 0.2) is 0 Å². The number of carbonyl (C=O) groups is 1. The van der Waals surface area contributed by atoms with Gasteiger partial charge in [-0.2, -0.15) is 0 Å². The number of nitrogen functional groups attached to an aromatic ring is 1. The molecular formula is C15H10ClFN2OS. The number of rotatable bonds is 2. The zero-order chi connectivity index (χ0) is 15.0. The normalized spacial score (nSPS) is 10.8. The van der Waals surface area contributed by atoms with Crippen LogP contribution in [0.2, 0.25) is 5.02 Å². The number of hydrogen-bond donors (Lipinski definition) is 2. The van der Waals surface area contributed by atoms with Crippen molar-refractivity contribution in [3.63, 3.8) is 0 Å². The predicted octanol–water partition coefficient (Wildman–Crippen LogP) is 4.53. The molecule has 3 N–H and O–H groups in total. The van der Waals surface area contributed by atoms with Crippen LogP contribution in [-0.2, 0) is 0 Å². The van der Waals surface area contributed by atoms with Crippen molar-refractivity contribution in [2.24, 2.45) is 0 Å². The molecule has 0 aliphatic rings. The minimum absolute atomic E-state index is 0.0318. The largest absolute Gasteiger partial charge is 0.397 e. The third-order valence-electron chi connectivity index (χ3n) is 3.02. The number of hydrogen-bond acceptors (Lipinski definition) is 3. The summed E-state index contributed by atoms with van der Waals surface area (Å²) in [5, 5.41) is 3.66. The van der Waals surface area contributed by atoms with E-state index in [0.717, 1.165) is 10.1 Å². The summed E-state index contributed by atoms with van der Waals surface area (Å²) in [5.41, 5.74) is 6.42. The van der Waals surface area contributed by atoms with E-state index < -0.39 is 11.7 Å².